The maximum atomic E-state index is 8.94. The Morgan fingerprint density at radius 3 is 2.37 bits per heavy atom. The van der Waals surface area contributed by atoms with Crippen LogP contribution in [0.15, 0.2) is 11.1 Å². The molecule has 0 fully saturated rings. The first-order valence-electron chi connectivity index (χ1n) is 6.83. The van der Waals surface area contributed by atoms with E-state index in [-0.39, 0.29) is 6.61 Å². The zero-order valence-corrected chi connectivity index (χ0v) is 13.0. The van der Waals surface area contributed by atoms with E-state index in [2.05, 4.69) is 45.7 Å². The average Bonchev–Trinajstić information content (AvgIpc) is 2.43. The minimum Gasteiger partial charge on any atom is -0.393 e. The minimum atomic E-state index is -0.964. The van der Waals surface area contributed by atoms with Crippen LogP contribution in [0.4, 0.5) is 0 Å². The van der Waals surface area contributed by atoms with Gasteiger partial charge >= 0.3 is 0 Å². The topological polar surface area (TPSA) is 40.5 Å². The summed E-state index contributed by atoms with van der Waals surface area (Å²) >= 11 is 3.26. The number of hydrogen-bond donors (Lipinski definition) is 2. The van der Waals surface area contributed by atoms with E-state index in [1.54, 1.807) is 0 Å². The molecule has 0 amide bonds. The first-order valence-corrected chi connectivity index (χ1v) is 7.75. The monoisotopic (exact) mass is 326 g/mol. The third-order valence-corrected chi connectivity index (χ3v) is 2.95. The quantitative estimate of drug-likeness (QED) is 0.503. The lowest BCUT2D eigenvalue weighted by molar-refractivity contribution is 0.138. The summed E-state index contributed by atoms with van der Waals surface area (Å²) in [7, 11) is 0. The number of hydrogen-bond acceptors (Lipinski definition) is 2. The molecule has 0 aromatic carbocycles. The summed E-state index contributed by atoms with van der Waals surface area (Å²) in [5.41, 5.74) is 0. The van der Waals surface area contributed by atoms with Crippen LogP contribution in [0, 0.1) is 23.7 Å². The number of unbranched alkanes of at least 4 members (excludes halogenated alkanes) is 7. The van der Waals surface area contributed by atoms with Gasteiger partial charge in [-0.2, -0.15) is 0 Å². The van der Waals surface area contributed by atoms with Crippen molar-refractivity contribution in [2.24, 2.45) is 0 Å². The van der Waals surface area contributed by atoms with Gasteiger partial charge in [0, 0.05) is 6.42 Å². The summed E-state index contributed by atoms with van der Waals surface area (Å²) in [6, 6.07) is 0. The molecule has 2 nitrogen and oxygen atoms in total. The molecule has 19 heavy (non-hydrogen) atoms. The van der Waals surface area contributed by atoms with Gasteiger partial charge in [0.05, 0.1) is 6.61 Å². The number of aliphatic hydroxyl groups is 2. The minimum absolute atomic E-state index is 0.333. The van der Waals surface area contributed by atoms with Crippen molar-refractivity contribution in [3.05, 3.63) is 11.1 Å². The molecule has 0 rings (SSSR count). The van der Waals surface area contributed by atoms with Crippen molar-refractivity contribution in [1.29, 1.82) is 0 Å². The van der Waals surface area contributed by atoms with Gasteiger partial charge in [-0.1, -0.05) is 59.5 Å². The Labute approximate surface area is 125 Å². The lowest BCUT2D eigenvalue weighted by Crippen LogP contribution is -2.07. The molecule has 0 saturated carbocycles. The van der Waals surface area contributed by atoms with E-state index in [0.29, 0.717) is 0 Å². The van der Waals surface area contributed by atoms with Crippen LogP contribution < -0.4 is 0 Å². The van der Waals surface area contributed by atoms with Gasteiger partial charge in [0.25, 0.3) is 0 Å². The number of aliphatic hydroxyl groups excluding tert-OH is 2. The van der Waals surface area contributed by atoms with Gasteiger partial charge in [0.1, 0.15) is 6.10 Å². The van der Waals surface area contributed by atoms with Crippen LogP contribution in [0.5, 0.6) is 0 Å². The lowest BCUT2D eigenvalue weighted by atomic mass is 10.1. The third kappa shape index (κ3) is 15.2. The third-order valence-electron chi connectivity index (χ3n) is 2.57. The largest absolute Gasteiger partial charge is 0.393 e. The van der Waals surface area contributed by atoms with Gasteiger partial charge in [0.2, 0.25) is 0 Å². The van der Waals surface area contributed by atoms with Crippen LogP contribution in [0.3, 0.4) is 0 Å². The molecule has 0 heterocycles. The predicted molar refractivity (Wildman–Crippen MR) is 83.6 cm³/mol. The highest BCUT2D eigenvalue weighted by Crippen LogP contribution is 2.08. The maximum Gasteiger partial charge on any atom is 0.138 e. The van der Waals surface area contributed by atoms with E-state index in [1.807, 2.05) is 4.99 Å². The summed E-state index contributed by atoms with van der Waals surface area (Å²) in [4.78, 5) is 1.92. The molecule has 0 bridgehead atoms. The molecule has 0 aromatic rings. The Balaban J connectivity index is 3.31. The van der Waals surface area contributed by atoms with Gasteiger partial charge in [0.15, 0.2) is 0 Å². The fourth-order valence-corrected chi connectivity index (χ4v) is 1.78. The number of halogens is 1. The molecule has 0 aliphatic rings. The summed E-state index contributed by atoms with van der Waals surface area (Å²) in [6.45, 7) is -0.333. The van der Waals surface area contributed by atoms with Crippen LogP contribution >= 0.6 is 15.9 Å². The van der Waals surface area contributed by atoms with Crippen molar-refractivity contribution in [1.82, 2.24) is 0 Å². The average molecular weight is 327 g/mol. The van der Waals surface area contributed by atoms with Gasteiger partial charge in [-0.25, -0.2) is 0 Å². The zero-order valence-electron chi connectivity index (χ0n) is 11.4. The van der Waals surface area contributed by atoms with Crippen molar-refractivity contribution in [3.63, 3.8) is 0 Å². The molecule has 1 atom stereocenters. The fourth-order valence-electron chi connectivity index (χ4n) is 1.52. The number of allylic oxidation sites excluding steroid dienone is 1. The Kier molecular flexibility index (Phi) is 14.7. The molecule has 0 radical (unpaired) electrons. The second-order valence-electron chi connectivity index (χ2n) is 4.29. The summed E-state index contributed by atoms with van der Waals surface area (Å²) in [6.07, 6.45) is 10.7. The van der Waals surface area contributed by atoms with E-state index < -0.39 is 6.10 Å². The zero-order chi connectivity index (χ0) is 14.2. The molecular formula is C16H23BrO2. The molecular weight excluding hydrogens is 304 g/mol. The van der Waals surface area contributed by atoms with Crippen molar-refractivity contribution in [3.8, 4) is 23.7 Å². The summed E-state index contributed by atoms with van der Waals surface area (Å²) in [5.74, 6) is 10.6. The Bertz CT molecular complexity index is 341. The van der Waals surface area contributed by atoms with Crippen LogP contribution in [0.1, 0.15) is 51.4 Å². The molecule has 0 aliphatic heterocycles. The van der Waals surface area contributed by atoms with Crippen LogP contribution in [-0.4, -0.2) is 22.9 Å². The van der Waals surface area contributed by atoms with Crippen molar-refractivity contribution in [2.75, 3.05) is 6.61 Å². The van der Waals surface area contributed by atoms with E-state index in [4.69, 9.17) is 10.2 Å². The van der Waals surface area contributed by atoms with Crippen molar-refractivity contribution >= 4 is 15.9 Å². The first-order chi connectivity index (χ1) is 9.31. The normalized spacial score (nSPS) is 11.5. The van der Waals surface area contributed by atoms with Gasteiger partial charge < -0.3 is 10.2 Å². The molecule has 106 valence electrons. The van der Waals surface area contributed by atoms with E-state index in [9.17, 15) is 0 Å². The SMILES string of the molecule is OC[C@H](O)C#CC#CCCCCCCCC/C=C/Br. The van der Waals surface area contributed by atoms with Crippen LogP contribution in [0.25, 0.3) is 0 Å². The Morgan fingerprint density at radius 1 is 1.00 bits per heavy atom. The van der Waals surface area contributed by atoms with Crippen LogP contribution in [-0.2, 0) is 0 Å². The van der Waals surface area contributed by atoms with Gasteiger partial charge in [-0.3, -0.25) is 0 Å². The van der Waals surface area contributed by atoms with E-state index >= 15 is 0 Å². The molecule has 0 unspecified atom stereocenters. The lowest BCUT2D eigenvalue weighted by Gasteiger charge is -1.98. The Morgan fingerprint density at radius 2 is 1.68 bits per heavy atom. The van der Waals surface area contributed by atoms with E-state index in [1.165, 1.54) is 32.1 Å². The molecule has 0 aromatic heterocycles. The highest BCUT2D eigenvalue weighted by molar-refractivity contribution is 9.11. The van der Waals surface area contributed by atoms with Crippen LogP contribution in [0.2, 0.25) is 0 Å². The molecule has 0 spiro atoms. The second kappa shape index (κ2) is 15.3. The Hall–Kier alpha value is -0.740. The highest BCUT2D eigenvalue weighted by atomic mass is 79.9. The standard InChI is InChI=1S/C16H23BrO2/c17-14-12-10-8-6-4-2-1-3-5-7-9-11-13-16(19)15-18/h12,14,16,18-19H,1-6,8,10,15H2/b14-12+/t16-/m1/s1. The van der Waals surface area contributed by atoms with Crippen molar-refractivity contribution in [2.45, 2.75) is 57.5 Å². The molecule has 2 N–H and O–H groups in total. The van der Waals surface area contributed by atoms with Gasteiger partial charge in [-0.05, 0) is 36.1 Å². The molecule has 3 heteroatoms. The number of rotatable bonds is 9. The smallest absolute Gasteiger partial charge is 0.138 e. The molecule has 0 saturated heterocycles. The second-order valence-corrected chi connectivity index (χ2v) is 4.82. The first kappa shape index (κ1) is 18.3. The summed E-state index contributed by atoms with van der Waals surface area (Å²) < 4.78 is 0. The predicted octanol–water partition coefficient (Wildman–Crippen LogP) is 3.38. The van der Waals surface area contributed by atoms with Gasteiger partial charge in [-0.15, -0.1) is 0 Å². The van der Waals surface area contributed by atoms with E-state index in [0.717, 1.165) is 19.3 Å². The molecule has 0 aliphatic carbocycles. The fraction of sp³-hybridized carbons (Fsp3) is 0.625. The summed E-state index contributed by atoms with van der Waals surface area (Å²) in [5, 5.41) is 17.5. The highest BCUT2D eigenvalue weighted by Gasteiger charge is 1.91. The van der Waals surface area contributed by atoms with Crippen molar-refractivity contribution < 1.29 is 10.2 Å². The maximum absolute atomic E-state index is 8.94.